The number of H-pyrrole nitrogens is 1. The smallest absolute Gasteiger partial charge is 0.326 e. The summed E-state index contributed by atoms with van der Waals surface area (Å²) >= 11 is 0. The normalized spacial score (nSPS) is 11.5. The topological polar surface area (TPSA) is 62.0 Å². The van der Waals surface area contributed by atoms with E-state index >= 15 is 0 Å². The second-order valence-electron chi connectivity index (χ2n) is 5.83. The summed E-state index contributed by atoms with van der Waals surface area (Å²) in [6, 6.07) is 13.3. The molecular weight excluding hydrogens is 345 g/mol. The Labute approximate surface area is 146 Å². The number of pyridine rings is 1. The Balaban J connectivity index is 1.64. The van der Waals surface area contributed by atoms with Crippen molar-refractivity contribution < 1.29 is 18.0 Å². The number of alkyl halides is 3. The zero-order valence-electron chi connectivity index (χ0n) is 13.6. The van der Waals surface area contributed by atoms with Crippen molar-refractivity contribution in [2.45, 2.75) is 19.0 Å². The highest BCUT2D eigenvalue weighted by molar-refractivity contribution is 5.91. The van der Waals surface area contributed by atoms with Gasteiger partial charge in [0.2, 0.25) is 5.91 Å². The average molecular weight is 360 g/mol. The van der Waals surface area contributed by atoms with Crippen molar-refractivity contribution >= 4 is 22.5 Å². The number of carbonyl (C=O) groups is 1. The maximum absolute atomic E-state index is 12.5. The lowest BCUT2D eigenvalue weighted by Crippen LogP contribution is -2.17. The molecule has 3 rings (SSSR count). The maximum Gasteiger partial charge on any atom is 0.416 e. The summed E-state index contributed by atoms with van der Waals surface area (Å²) in [5, 5.41) is 3.39. The average Bonchev–Trinajstić information content (AvgIpc) is 2.59. The first kappa shape index (κ1) is 17.7. The molecule has 26 heavy (non-hydrogen) atoms. The predicted molar refractivity (Wildman–Crippen MR) is 93.0 cm³/mol. The first-order valence-corrected chi connectivity index (χ1v) is 7.91. The first-order valence-electron chi connectivity index (χ1n) is 7.91. The number of para-hydroxylation sites is 1. The van der Waals surface area contributed by atoms with Crippen LogP contribution in [0.4, 0.5) is 18.9 Å². The summed E-state index contributed by atoms with van der Waals surface area (Å²) in [5.74, 6) is -0.377. The van der Waals surface area contributed by atoms with Crippen LogP contribution in [0.15, 0.2) is 59.4 Å². The molecule has 0 aliphatic heterocycles. The standard InChI is InChI=1S/C19H15F3N2O2/c20-19(21,22)14-6-8-15(9-7-14)23-17(25)10-5-13-11-12-3-1-2-4-16(12)24-18(13)26/h1-4,6-9,11H,5,10H2,(H,23,25)(H,24,26). The van der Waals surface area contributed by atoms with E-state index in [2.05, 4.69) is 10.3 Å². The molecule has 2 N–H and O–H groups in total. The van der Waals surface area contributed by atoms with E-state index in [1.807, 2.05) is 18.2 Å². The summed E-state index contributed by atoms with van der Waals surface area (Å²) in [4.78, 5) is 26.8. The Bertz CT molecular complexity index is 992. The number of benzene rings is 2. The molecule has 2 aromatic carbocycles. The van der Waals surface area contributed by atoms with Crippen LogP contribution < -0.4 is 10.9 Å². The first-order chi connectivity index (χ1) is 12.3. The van der Waals surface area contributed by atoms with E-state index in [1.54, 1.807) is 12.1 Å². The molecule has 3 aromatic rings. The number of nitrogens with one attached hydrogen (secondary N) is 2. The molecular formula is C19H15F3N2O2. The Kier molecular flexibility index (Phi) is 4.79. The van der Waals surface area contributed by atoms with Gasteiger partial charge in [0.05, 0.1) is 5.56 Å². The molecule has 0 saturated heterocycles. The van der Waals surface area contributed by atoms with Gasteiger partial charge in [0, 0.05) is 23.2 Å². The van der Waals surface area contributed by atoms with Gasteiger partial charge in [0.25, 0.3) is 5.56 Å². The quantitative estimate of drug-likeness (QED) is 0.735. The van der Waals surface area contributed by atoms with Crippen molar-refractivity contribution in [2.75, 3.05) is 5.32 Å². The molecule has 0 saturated carbocycles. The lowest BCUT2D eigenvalue weighted by Gasteiger charge is -2.09. The van der Waals surface area contributed by atoms with Gasteiger partial charge in [0.1, 0.15) is 0 Å². The number of rotatable bonds is 4. The molecule has 0 aliphatic carbocycles. The van der Waals surface area contributed by atoms with E-state index in [-0.39, 0.29) is 30.0 Å². The number of amides is 1. The maximum atomic E-state index is 12.5. The zero-order valence-corrected chi connectivity index (χ0v) is 13.6. The number of halogens is 3. The van der Waals surface area contributed by atoms with Crippen LogP contribution in [-0.2, 0) is 17.4 Å². The van der Waals surface area contributed by atoms with Gasteiger partial charge in [-0.2, -0.15) is 13.2 Å². The molecule has 4 nitrogen and oxygen atoms in total. The fourth-order valence-electron chi connectivity index (χ4n) is 2.59. The summed E-state index contributed by atoms with van der Waals surface area (Å²) in [6.07, 6.45) is -4.14. The number of aromatic amines is 1. The number of aryl methyl sites for hydroxylation is 1. The van der Waals surface area contributed by atoms with Crippen LogP contribution in [0.25, 0.3) is 10.9 Å². The minimum atomic E-state index is -4.42. The molecule has 7 heteroatoms. The van der Waals surface area contributed by atoms with Gasteiger partial charge in [-0.25, -0.2) is 0 Å². The van der Waals surface area contributed by atoms with Crippen molar-refractivity contribution in [1.29, 1.82) is 0 Å². The third-order valence-electron chi connectivity index (χ3n) is 3.95. The van der Waals surface area contributed by atoms with Crippen molar-refractivity contribution in [3.63, 3.8) is 0 Å². The van der Waals surface area contributed by atoms with Gasteiger partial charge in [0.15, 0.2) is 0 Å². The van der Waals surface area contributed by atoms with Gasteiger partial charge < -0.3 is 10.3 Å². The molecule has 0 aliphatic rings. The zero-order chi connectivity index (χ0) is 18.7. The molecule has 0 radical (unpaired) electrons. The second kappa shape index (κ2) is 7.03. The number of hydrogen-bond acceptors (Lipinski definition) is 2. The second-order valence-corrected chi connectivity index (χ2v) is 5.83. The highest BCUT2D eigenvalue weighted by atomic mass is 19.4. The van der Waals surface area contributed by atoms with Crippen molar-refractivity contribution in [3.8, 4) is 0 Å². The minimum Gasteiger partial charge on any atom is -0.326 e. The van der Waals surface area contributed by atoms with Crippen LogP contribution in [-0.4, -0.2) is 10.9 Å². The Morgan fingerprint density at radius 2 is 1.73 bits per heavy atom. The highest BCUT2D eigenvalue weighted by Crippen LogP contribution is 2.29. The summed E-state index contributed by atoms with van der Waals surface area (Å²) in [7, 11) is 0. The molecule has 0 spiro atoms. The number of carbonyl (C=O) groups excluding carboxylic acids is 1. The summed E-state index contributed by atoms with van der Waals surface area (Å²) < 4.78 is 37.6. The van der Waals surface area contributed by atoms with E-state index in [1.165, 1.54) is 12.1 Å². The van der Waals surface area contributed by atoms with Crippen LogP contribution in [0.2, 0.25) is 0 Å². The van der Waals surface area contributed by atoms with Crippen molar-refractivity contribution in [3.05, 3.63) is 76.1 Å². The fraction of sp³-hybridized carbons (Fsp3) is 0.158. The van der Waals surface area contributed by atoms with Crippen LogP contribution in [0.3, 0.4) is 0 Å². The molecule has 0 bridgehead atoms. The van der Waals surface area contributed by atoms with Crippen molar-refractivity contribution in [1.82, 2.24) is 4.98 Å². The number of hydrogen-bond donors (Lipinski definition) is 2. The van der Waals surface area contributed by atoms with E-state index in [4.69, 9.17) is 0 Å². The van der Waals surface area contributed by atoms with E-state index in [0.29, 0.717) is 5.56 Å². The summed E-state index contributed by atoms with van der Waals surface area (Å²) in [6.45, 7) is 0. The fourth-order valence-corrected chi connectivity index (χ4v) is 2.59. The van der Waals surface area contributed by atoms with Crippen LogP contribution in [0, 0.1) is 0 Å². The van der Waals surface area contributed by atoms with Crippen LogP contribution in [0.5, 0.6) is 0 Å². The van der Waals surface area contributed by atoms with Gasteiger partial charge in [-0.05, 0) is 48.2 Å². The molecule has 1 aromatic heterocycles. The van der Waals surface area contributed by atoms with Crippen molar-refractivity contribution in [2.24, 2.45) is 0 Å². The minimum absolute atomic E-state index is 0.0441. The van der Waals surface area contributed by atoms with Gasteiger partial charge in [-0.1, -0.05) is 18.2 Å². The van der Waals surface area contributed by atoms with Crippen LogP contribution >= 0.6 is 0 Å². The molecule has 0 fully saturated rings. The molecule has 0 unspecified atom stereocenters. The lowest BCUT2D eigenvalue weighted by atomic mass is 10.1. The van der Waals surface area contributed by atoms with E-state index in [0.717, 1.165) is 23.0 Å². The highest BCUT2D eigenvalue weighted by Gasteiger charge is 2.29. The molecule has 134 valence electrons. The molecule has 1 amide bonds. The van der Waals surface area contributed by atoms with Gasteiger partial charge in [-0.3, -0.25) is 9.59 Å². The van der Waals surface area contributed by atoms with Gasteiger partial charge >= 0.3 is 6.18 Å². The monoisotopic (exact) mass is 360 g/mol. The largest absolute Gasteiger partial charge is 0.416 e. The SMILES string of the molecule is O=C(CCc1cc2ccccc2[nH]c1=O)Nc1ccc(C(F)(F)F)cc1. The van der Waals surface area contributed by atoms with Crippen LogP contribution in [0.1, 0.15) is 17.5 Å². The Morgan fingerprint density at radius 1 is 1.04 bits per heavy atom. The summed E-state index contributed by atoms with van der Waals surface area (Å²) in [5.41, 5.74) is 0.432. The van der Waals surface area contributed by atoms with Gasteiger partial charge in [-0.15, -0.1) is 0 Å². The molecule has 0 atom stereocenters. The van der Waals surface area contributed by atoms with E-state index in [9.17, 15) is 22.8 Å². The Morgan fingerprint density at radius 3 is 2.42 bits per heavy atom. The third-order valence-corrected chi connectivity index (χ3v) is 3.95. The third kappa shape index (κ3) is 4.11. The van der Waals surface area contributed by atoms with E-state index < -0.39 is 11.7 Å². The number of anilines is 1. The molecule has 1 heterocycles. The predicted octanol–water partition coefficient (Wildman–Crippen LogP) is 4.12. The Hall–Kier alpha value is -3.09. The number of fused-ring (bicyclic) bond motifs is 1. The lowest BCUT2D eigenvalue weighted by molar-refractivity contribution is -0.137. The number of aromatic nitrogens is 1.